The SMILES string of the molecule is CCCCCC1(C)C2=C3C=C4c5oc6ccccc6[n+]5CCC4OC3CCN2c2ccccc21. The Balaban J connectivity index is 1.42. The summed E-state index contributed by atoms with van der Waals surface area (Å²) in [6.07, 6.45) is 9.75. The Bertz CT molecular complexity index is 1350. The maximum Gasteiger partial charge on any atom is 0.380 e. The number of unbranched alkanes of at least 4 members (excludes halogenated alkanes) is 2. The molecule has 174 valence electrons. The van der Waals surface area contributed by atoms with Gasteiger partial charge in [-0.3, -0.25) is 0 Å². The fourth-order valence-electron chi connectivity index (χ4n) is 6.94. The van der Waals surface area contributed by atoms with Crippen LogP contribution in [0.5, 0.6) is 0 Å². The predicted octanol–water partition coefficient (Wildman–Crippen LogP) is 6.29. The van der Waals surface area contributed by atoms with Gasteiger partial charge in [-0.15, -0.1) is 0 Å². The highest BCUT2D eigenvalue weighted by Gasteiger charge is 2.50. The second kappa shape index (κ2) is 7.58. The molecule has 4 aliphatic rings. The molecule has 0 saturated carbocycles. The summed E-state index contributed by atoms with van der Waals surface area (Å²) < 4.78 is 15.6. The third kappa shape index (κ3) is 2.78. The Morgan fingerprint density at radius 1 is 1.03 bits per heavy atom. The number of rotatable bonds is 4. The number of hydrogen-bond donors (Lipinski definition) is 0. The largest absolute Gasteiger partial charge is 0.398 e. The number of anilines is 1. The van der Waals surface area contributed by atoms with Gasteiger partial charge in [0, 0.05) is 41.4 Å². The van der Waals surface area contributed by atoms with Gasteiger partial charge in [-0.05, 0) is 43.5 Å². The van der Waals surface area contributed by atoms with Crippen molar-refractivity contribution in [1.29, 1.82) is 0 Å². The lowest BCUT2D eigenvalue weighted by molar-refractivity contribution is -0.683. The first-order valence-electron chi connectivity index (χ1n) is 13.1. The smallest absolute Gasteiger partial charge is 0.380 e. The number of ether oxygens (including phenoxy) is 1. The normalized spacial score (nSPS) is 27.1. The van der Waals surface area contributed by atoms with E-state index in [2.05, 4.69) is 77.9 Å². The average molecular weight is 454 g/mol. The molecule has 4 heteroatoms. The number of benzene rings is 2. The van der Waals surface area contributed by atoms with Gasteiger partial charge in [0.25, 0.3) is 5.52 Å². The molecule has 0 spiro atoms. The minimum Gasteiger partial charge on any atom is -0.398 e. The molecule has 0 aliphatic carbocycles. The molecule has 0 bridgehead atoms. The summed E-state index contributed by atoms with van der Waals surface area (Å²) in [6.45, 7) is 6.74. The predicted molar refractivity (Wildman–Crippen MR) is 135 cm³/mol. The van der Waals surface area contributed by atoms with E-state index >= 15 is 0 Å². The van der Waals surface area contributed by atoms with E-state index in [1.165, 1.54) is 59.3 Å². The van der Waals surface area contributed by atoms with Gasteiger partial charge in [0.15, 0.2) is 6.54 Å². The lowest BCUT2D eigenvalue weighted by Crippen LogP contribution is -2.48. The van der Waals surface area contributed by atoms with Gasteiger partial charge in [0.2, 0.25) is 5.58 Å². The molecule has 3 unspecified atom stereocenters. The van der Waals surface area contributed by atoms with Gasteiger partial charge in [-0.1, -0.05) is 56.5 Å². The van der Waals surface area contributed by atoms with Gasteiger partial charge in [-0.25, -0.2) is 0 Å². The zero-order chi connectivity index (χ0) is 22.9. The summed E-state index contributed by atoms with van der Waals surface area (Å²) in [5, 5.41) is 0. The van der Waals surface area contributed by atoms with Crippen LogP contribution < -0.4 is 9.47 Å². The van der Waals surface area contributed by atoms with Gasteiger partial charge in [0.05, 0.1) is 17.8 Å². The monoisotopic (exact) mass is 453 g/mol. The van der Waals surface area contributed by atoms with E-state index in [1.807, 2.05) is 0 Å². The molecule has 1 aromatic heterocycles. The molecule has 0 N–H and O–H groups in total. The summed E-state index contributed by atoms with van der Waals surface area (Å²) in [5.41, 5.74) is 9.10. The quantitative estimate of drug-likeness (QED) is 0.343. The van der Waals surface area contributed by atoms with Gasteiger partial charge >= 0.3 is 5.89 Å². The fraction of sp³-hybridized carbons (Fsp3) is 0.433. The zero-order valence-corrected chi connectivity index (χ0v) is 20.2. The van der Waals surface area contributed by atoms with Crippen molar-refractivity contribution in [2.24, 2.45) is 0 Å². The first kappa shape index (κ1) is 20.5. The lowest BCUT2D eigenvalue weighted by Gasteiger charge is -2.42. The number of allylic oxidation sites excluding steroid dienone is 1. The maximum atomic E-state index is 6.85. The first-order chi connectivity index (χ1) is 16.7. The highest BCUT2D eigenvalue weighted by molar-refractivity contribution is 5.78. The summed E-state index contributed by atoms with van der Waals surface area (Å²) in [5.74, 6) is 0.976. The van der Waals surface area contributed by atoms with E-state index in [0.717, 1.165) is 37.4 Å². The standard InChI is InChI=1S/C30H33N2O2/c1-3-4-9-16-30(2)22-10-5-6-11-23(22)31-17-14-25-20(28(30)31)19-21-26(33-25)15-18-32-24-12-7-8-13-27(24)34-29(21)32/h5-8,10-13,19,25-26H,3-4,9,14-18H2,1-2H3/q+1. The van der Waals surface area contributed by atoms with Gasteiger partial charge < -0.3 is 14.1 Å². The van der Waals surface area contributed by atoms with Crippen molar-refractivity contribution in [3.8, 4) is 0 Å². The number of para-hydroxylation sites is 3. The van der Waals surface area contributed by atoms with Crippen LogP contribution in [0.25, 0.3) is 16.7 Å². The maximum absolute atomic E-state index is 6.85. The molecule has 0 radical (unpaired) electrons. The highest BCUT2D eigenvalue weighted by Crippen LogP contribution is 2.55. The Labute approximate surface area is 201 Å². The molecule has 5 heterocycles. The van der Waals surface area contributed by atoms with E-state index < -0.39 is 0 Å². The number of aromatic nitrogens is 1. The van der Waals surface area contributed by atoms with Crippen LogP contribution in [0.1, 0.15) is 63.8 Å². The molecule has 7 rings (SSSR count). The second-order valence-electron chi connectivity index (χ2n) is 10.6. The van der Waals surface area contributed by atoms with E-state index in [4.69, 9.17) is 9.15 Å². The molecule has 34 heavy (non-hydrogen) atoms. The Morgan fingerprint density at radius 3 is 2.79 bits per heavy atom. The van der Waals surface area contributed by atoms with Crippen molar-refractivity contribution >= 4 is 22.4 Å². The van der Waals surface area contributed by atoms with Crippen molar-refractivity contribution in [2.75, 3.05) is 11.4 Å². The first-order valence-corrected chi connectivity index (χ1v) is 13.1. The Kier molecular flexibility index (Phi) is 4.57. The van der Waals surface area contributed by atoms with Crippen LogP contribution in [0, 0.1) is 0 Å². The number of oxazole rings is 1. The summed E-state index contributed by atoms with van der Waals surface area (Å²) in [6, 6.07) is 17.5. The van der Waals surface area contributed by atoms with E-state index in [0.29, 0.717) is 0 Å². The molecule has 4 nitrogen and oxygen atoms in total. The highest BCUT2D eigenvalue weighted by atomic mass is 16.5. The third-order valence-corrected chi connectivity index (χ3v) is 8.55. The molecule has 2 aromatic carbocycles. The number of fused-ring (bicyclic) bond motifs is 9. The molecule has 0 amide bonds. The van der Waals surface area contributed by atoms with Crippen molar-refractivity contribution in [2.45, 2.75) is 76.5 Å². The van der Waals surface area contributed by atoms with Gasteiger partial charge in [-0.2, -0.15) is 4.57 Å². The van der Waals surface area contributed by atoms with Crippen molar-refractivity contribution in [3.05, 3.63) is 77.3 Å². The number of aryl methyl sites for hydroxylation is 1. The Morgan fingerprint density at radius 2 is 1.88 bits per heavy atom. The van der Waals surface area contributed by atoms with Crippen LogP contribution in [0.3, 0.4) is 0 Å². The van der Waals surface area contributed by atoms with E-state index in [1.54, 1.807) is 0 Å². The van der Waals surface area contributed by atoms with Crippen molar-refractivity contribution in [1.82, 2.24) is 0 Å². The van der Waals surface area contributed by atoms with E-state index in [-0.39, 0.29) is 17.6 Å². The molecule has 0 fully saturated rings. The molecular formula is C30H33N2O2+. The lowest BCUT2D eigenvalue weighted by atomic mass is 9.74. The van der Waals surface area contributed by atoms with Crippen LogP contribution in [0.15, 0.2) is 70.3 Å². The van der Waals surface area contributed by atoms with Crippen molar-refractivity contribution in [3.63, 3.8) is 0 Å². The second-order valence-corrected chi connectivity index (χ2v) is 10.6. The molecule has 3 aromatic rings. The average Bonchev–Trinajstić information content (AvgIpc) is 3.37. The summed E-state index contributed by atoms with van der Waals surface area (Å²) in [4.78, 5) is 2.60. The minimum absolute atomic E-state index is 0.0194. The van der Waals surface area contributed by atoms with Crippen LogP contribution in [0.2, 0.25) is 0 Å². The Hall–Kier alpha value is -2.85. The molecule has 0 saturated heterocycles. The fourth-order valence-corrected chi connectivity index (χ4v) is 6.94. The molecule has 4 aliphatic heterocycles. The number of nitrogens with zero attached hydrogens (tertiary/aromatic N) is 2. The minimum atomic E-state index is 0.0194. The van der Waals surface area contributed by atoms with Crippen molar-refractivity contribution < 1.29 is 13.7 Å². The van der Waals surface area contributed by atoms with Gasteiger partial charge in [0.1, 0.15) is 0 Å². The molecule has 3 atom stereocenters. The number of hydrogen-bond acceptors (Lipinski definition) is 3. The summed E-state index contributed by atoms with van der Waals surface area (Å²) >= 11 is 0. The topological polar surface area (TPSA) is 29.5 Å². The van der Waals surface area contributed by atoms with Crippen LogP contribution in [-0.4, -0.2) is 18.8 Å². The van der Waals surface area contributed by atoms with Crippen LogP contribution >= 0.6 is 0 Å². The third-order valence-electron chi connectivity index (χ3n) is 8.55. The summed E-state index contributed by atoms with van der Waals surface area (Å²) in [7, 11) is 0. The van der Waals surface area contributed by atoms with Crippen LogP contribution in [-0.2, 0) is 16.7 Å². The van der Waals surface area contributed by atoms with Crippen LogP contribution in [0.4, 0.5) is 5.69 Å². The van der Waals surface area contributed by atoms with E-state index in [9.17, 15) is 0 Å². The zero-order valence-electron chi connectivity index (χ0n) is 20.2. The molecular weight excluding hydrogens is 420 g/mol.